The fraction of sp³-hybridized carbons (Fsp3) is 0.429. The molecular formula is C28H34N4O4. The van der Waals surface area contributed by atoms with E-state index in [1.165, 1.54) is 18.1 Å². The molecule has 8 nitrogen and oxygen atoms in total. The van der Waals surface area contributed by atoms with E-state index in [4.69, 9.17) is 14.8 Å². The Morgan fingerprint density at radius 3 is 2.72 bits per heavy atom. The molecule has 1 aliphatic carbocycles. The number of amides is 1. The number of carboxylic acids is 1. The lowest BCUT2D eigenvalue weighted by Crippen LogP contribution is -2.40. The van der Waals surface area contributed by atoms with E-state index in [2.05, 4.69) is 16.0 Å². The molecule has 1 aliphatic heterocycles. The molecule has 1 fully saturated rings. The average Bonchev–Trinajstić information content (AvgIpc) is 2.91. The lowest BCUT2D eigenvalue weighted by atomic mass is 9.98. The third-order valence-electron chi connectivity index (χ3n) is 6.52. The summed E-state index contributed by atoms with van der Waals surface area (Å²) >= 11 is 0. The van der Waals surface area contributed by atoms with Crippen LogP contribution in [-0.4, -0.2) is 70.7 Å². The summed E-state index contributed by atoms with van der Waals surface area (Å²) in [5.41, 5.74) is 3.75. The SMILES string of the molecule is CC(C)N(CC1=CCCCC1)C(=O)c1cnc(N2CCOCC2)nc1-c1cccc(/C=C/C(=O)O)c1. The molecule has 0 radical (unpaired) electrons. The lowest BCUT2D eigenvalue weighted by Gasteiger charge is -2.30. The molecule has 1 amide bonds. The topological polar surface area (TPSA) is 95.9 Å². The maximum atomic E-state index is 13.9. The predicted molar refractivity (Wildman–Crippen MR) is 140 cm³/mol. The maximum absolute atomic E-state index is 13.9. The van der Waals surface area contributed by atoms with Crippen molar-refractivity contribution in [3.8, 4) is 11.3 Å². The summed E-state index contributed by atoms with van der Waals surface area (Å²) in [6.07, 6.45) is 11.0. The molecule has 0 spiro atoms. The van der Waals surface area contributed by atoms with Gasteiger partial charge in [0.25, 0.3) is 5.91 Å². The quantitative estimate of drug-likeness (QED) is 0.432. The van der Waals surface area contributed by atoms with E-state index >= 15 is 0 Å². The summed E-state index contributed by atoms with van der Waals surface area (Å²) in [5.74, 6) is -0.564. The van der Waals surface area contributed by atoms with Crippen LogP contribution in [-0.2, 0) is 9.53 Å². The number of hydrogen-bond acceptors (Lipinski definition) is 6. The minimum absolute atomic E-state index is 0.0110. The van der Waals surface area contributed by atoms with Gasteiger partial charge in [-0.3, -0.25) is 4.79 Å². The van der Waals surface area contributed by atoms with Crippen LogP contribution in [0.15, 0.2) is 48.2 Å². The van der Waals surface area contributed by atoms with Crippen LogP contribution >= 0.6 is 0 Å². The summed E-state index contributed by atoms with van der Waals surface area (Å²) in [5, 5.41) is 9.03. The smallest absolute Gasteiger partial charge is 0.328 e. The van der Waals surface area contributed by atoms with Crippen LogP contribution in [0.5, 0.6) is 0 Å². The fourth-order valence-corrected chi connectivity index (χ4v) is 4.53. The number of hydrogen-bond donors (Lipinski definition) is 1. The molecule has 2 aromatic rings. The molecule has 0 saturated carbocycles. The normalized spacial score (nSPS) is 16.3. The van der Waals surface area contributed by atoms with Gasteiger partial charge in [-0.25, -0.2) is 14.8 Å². The van der Waals surface area contributed by atoms with Crippen molar-refractivity contribution >= 4 is 23.9 Å². The molecule has 1 saturated heterocycles. The first-order valence-electron chi connectivity index (χ1n) is 12.6. The summed E-state index contributed by atoms with van der Waals surface area (Å²) in [6, 6.07) is 7.42. The van der Waals surface area contributed by atoms with Gasteiger partial charge in [0, 0.05) is 43.5 Å². The van der Waals surface area contributed by atoms with Crippen LogP contribution in [0.3, 0.4) is 0 Å². The molecular weight excluding hydrogens is 456 g/mol. The zero-order valence-corrected chi connectivity index (χ0v) is 21.0. The number of ether oxygens (including phenoxy) is 1. The van der Waals surface area contributed by atoms with Crippen LogP contribution in [0.1, 0.15) is 55.5 Å². The minimum Gasteiger partial charge on any atom is -0.478 e. The van der Waals surface area contributed by atoms with Crippen molar-refractivity contribution in [3.05, 3.63) is 59.3 Å². The Morgan fingerprint density at radius 2 is 2.03 bits per heavy atom. The number of allylic oxidation sites excluding steroid dienone is 1. The summed E-state index contributed by atoms with van der Waals surface area (Å²) in [4.78, 5) is 38.4. The Balaban J connectivity index is 1.74. The number of carboxylic acid groups (broad SMARTS) is 1. The molecule has 2 aliphatic rings. The minimum atomic E-state index is -1.02. The molecule has 36 heavy (non-hydrogen) atoms. The van der Waals surface area contributed by atoms with Gasteiger partial charge in [-0.05, 0) is 57.2 Å². The van der Waals surface area contributed by atoms with Gasteiger partial charge < -0.3 is 19.6 Å². The molecule has 0 unspecified atom stereocenters. The van der Waals surface area contributed by atoms with Crippen molar-refractivity contribution in [2.45, 2.75) is 45.6 Å². The number of anilines is 1. The van der Waals surface area contributed by atoms with Gasteiger partial charge >= 0.3 is 5.97 Å². The number of carbonyl (C=O) groups is 2. The summed E-state index contributed by atoms with van der Waals surface area (Å²) < 4.78 is 5.47. The van der Waals surface area contributed by atoms with Crippen LogP contribution in [0, 0.1) is 0 Å². The Morgan fingerprint density at radius 1 is 1.22 bits per heavy atom. The van der Waals surface area contributed by atoms with Gasteiger partial charge in [0.2, 0.25) is 5.95 Å². The summed E-state index contributed by atoms with van der Waals surface area (Å²) in [7, 11) is 0. The zero-order valence-electron chi connectivity index (χ0n) is 21.0. The van der Waals surface area contributed by atoms with E-state index in [9.17, 15) is 9.59 Å². The van der Waals surface area contributed by atoms with Gasteiger partial charge in [0.05, 0.1) is 24.5 Å². The van der Waals surface area contributed by atoms with E-state index in [0.717, 1.165) is 30.9 Å². The molecule has 1 aromatic carbocycles. The molecule has 1 aromatic heterocycles. The predicted octanol–water partition coefficient (Wildman–Crippen LogP) is 4.43. The number of aromatic nitrogens is 2. The van der Waals surface area contributed by atoms with E-state index in [1.807, 2.05) is 43.0 Å². The largest absolute Gasteiger partial charge is 0.478 e. The standard InChI is InChI=1S/C28H34N4O4/c1-20(2)32(19-22-7-4-3-5-8-22)27(35)24-18-29-28(31-13-15-36-16-14-31)30-26(24)23-10-6-9-21(17-23)11-12-25(33)34/h6-7,9-12,17-18,20H,3-5,8,13-16,19H2,1-2H3,(H,33,34)/b12-11+. The van der Waals surface area contributed by atoms with Gasteiger partial charge in [0.1, 0.15) is 0 Å². The number of aliphatic carboxylic acids is 1. The molecule has 2 heterocycles. The van der Waals surface area contributed by atoms with Crippen molar-refractivity contribution in [1.29, 1.82) is 0 Å². The van der Waals surface area contributed by atoms with E-state index in [1.54, 1.807) is 6.20 Å². The lowest BCUT2D eigenvalue weighted by molar-refractivity contribution is -0.131. The zero-order chi connectivity index (χ0) is 25.5. The molecule has 190 valence electrons. The van der Waals surface area contributed by atoms with Crippen molar-refractivity contribution in [2.24, 2.45) is 0 Å². The number of benzene rings is 1. The van der Waals surface area contributed by atoms with Crippen molar-refractivity contribution in [2.75, 3.05) is 37.7 Å². The highest BCUT2D eigenvalue weighted by Gasteiger charge is 2.26. The first-order valence-corrected chi connectivity index (χ1v) is 12.6. The maximum Gasteiger partial charge on any atom is 0.328 e. The fourth-order valence-electron chi connectivity index (χ4n) is 4.53. The Hall–Kier alpha value is -3.52. The third kappa shape index (κ3) is 6.37. The monoisotopic (exact) mass is 490 g/mol. The van der Waals surface area contributed by atoms with Gasteiger partial charge in [0.15, 0.2) is 0 Å². The first kappa shape index (κ1) is 25.6. The van der Waals surface area contributed by atoms with Crippen molar-refractivity contribution in [1.82, 2.24) is 14.9 Å². The van der Waals surface area contributed by atoms with Crippen LogP contribution in [0.2, 0.25) is 0 Å². The number of morpholine rings is 1. The van der Waals surface area contributed by atoms with Crippen LogP contribution < -0.4 is 4.90 Å². The second-order valence-electron chi connectivity index (χ2n) is 9.46. The second-order valence-corrected chi connectivity index (χ2v) is 9.46. The van der Waals surface area contributed by atoms with E-state index in [-0.39, 0.29) is 11.9 Å². The van der Waals surface area contributed by atoms with Crippen LogP contribution in [0.4, 0.5) is 5.95 Å². The molecule has 0 bridgehead atoms. The highest BCUT2D eigenvalue weighted by Crippen LogP contribution is 2.28. The number of rotatable bonds is 8. The van der Waals surface area contributed by atoms with Gasteiger partial charge in [-0.15, -0.1) is 0 Å². The average molecular weight is 491 g/mol. The molecule has 8 heteroatoms. The van der Waals surface area contributed by atoms with Gasteiger partial charge in [-0.1, -0.05) is 29.8 Å². The Kier molecular flexibility index (Phi) is 8.48. The van der Waals surface area contributed by atoms with Gasteiger partial charge in [-0.2, -0.15) is 0 Å². The van der Waals surface area contributed by atoms with Crippen LogP contribution in [0.25, 0.3) is 17.3 Å². The number of carbonyl (C=O) groups excluding carboxylic acids is 1. The first-order chi connectivity index (χ1) is 17.4. The number of nitrogens with zero attached hydrogens (tertiary/aromatic N) is 4. The molecule has 1 N–H and O–H groups in total. The van der Waals surface area contributed by atoms with Crippen molar-refractivity contribution in [3.63, 3.8) is 0 Å². The molecule has 4 rings (SSSR count). The van der Waals surface area contributed by atoms with E-state index in [0.29, 0.717) is 55.6 Å². The molecule has 0 atom stereocenters. The van der Waals surface area contributed by atoms with E-state index < -0.39 is 5.97 Å². The highest BCUT2D eigenvalue weighted by molar-refractivity contribution is 6.00. The Labute approximate surface area is 212 Å². The van der Waals surface area contributed by atoms with Crippen molar-refractivity contribution < 1.29 is 19.4 Å². The second kappa shape index (κ2) is 11.9. The third-order valence-corrected chi connectivity index (χ3v) is 6.52. The summed E-state index contributed by atoms with van der Waals surface area (Å²) in [6.45, 7) is 7.22. The highest BCUT2D eigenvalue weighted by atomic mass is 16.5. The Bertz CT molecular complexity index is 1150.